The molecule has 212 valence electrons. The molecular weight excluding hydrogens is 516 g/mol. The molecule has 43 heavy (non-hydrogen) atoms. The Bertz CT molecular complexity index is 1770. The van der Waals surface area contributed by atoms with Crippen molar-refractivity contribution in [2.24, 2.45) is 0 Å². The quantitative estimate of drug-likeness (QED) is 0.149. The number of allylic oxidation sites excluding steroid dienone is 5. The highest BCUT2D eigenvalue weighted by Crippen LogP contribution is 2.62. The maximum absolute atomic E-state index is 3.99. The molecule has 1 spiro atoms. The van der Waals surface area contributed by atoms with E-state index in [1.807, 2.05) is 32.1 Å². The third-order valence-corrected chi connectivity index (χ3v) is 8.42. The Labute approximate surface area is 258 Å². The van der Waals surface area contributed by atoms with Crippen LogP contribution in [0.4, 0.5) is 0 Å². The van der Waals surface area contributed by atoms with Gasteiger partial charge in [-0.25, -0.2) is 0 Å². The molecule has 2 aliphatic rings. The van der Waals surface area contributed by atoms with Gasteiger partial charge in [-0.2, -0.15) is 0 Å². The molecule has 0 nitrogen and oxygen atoms in total. The topological polar surface area (TPSA) is 0 Å². The largest absolute Gasteiger partial charge is 0.103 e. The predicted octanol–water partition coefficient (Wildman–Crippen LogP) is 11.9. The van der Waals surface area contributed by atoms with Crippen LogP contribution in [-0.2, 0) is 5.41 Å². The van der Waals surface area contributed by atoms with Crippen molar-refractivity contribution < 1.29 is 0 Å². The first-order valence-corrected chi connectivity index (χ1v) is 15.0. The standard InChI is InChI=1S/C35H26.C5H8.C3H6/c1-3-23(2)24-11-10-12-25(21-24)26-19-20-34-30(22-26)29-15-6-9-18-33(29)35(34)31-16-7-4-13-27(31)28-14-5-8-17-32(28)35;1-3-5-4-2;1-3-2/h3-23H,1H2,2H3;3-5H,1H2,2H3;3H,1H2,2H3/b;5-4-;. The van der Waals surface area contributed by atoms with Crippen LogP contribution in [0.3, 0.4) is 0 Å². The first-order chi connectivity index (χ1) is 21.1. The zero-order chi connectivity index (χ0) is 30.4. The minimum absolute atomic E-state index is 0.267. The lowest BCUT2D eigenvalue weighted by Crippen LogP contribution is -2.25. The van der Waals surface area contributed by atoms with Crippen molar-refractivity contribution in [2.75, 3.05) is 0 Å². The number of hydrogen-bond donors (Lipinski definition) is 0. The second-order valence-corrected chi connectivity index (χ2v) is 11.0. The van der Waals surface area contributed by atoms with Crippen LogP contribution in [0, 0.1) is 0 Å². The number of hydrogen-bond acceptors (Lipinski definition) is 0. The summed E-state index contributed by atoms with van der Waals surface area (Å²) in [6, 6.07) is 42.9. The molecular formula is C43H40. The third-order valence-electron chi connectivity index (χ3n) is 8.42. The summed E-state index contributed by atoms with van der Waals surface area (Å²) < 4.78 is 0. The Morgan fingerprint density at radius 1 is 0.558 bits per heavy atom. The van der Waals surface area contributed by atoms with Gasteiger partial charge in [-0.1, -0.05) is 153 Å². The van der Waals surface area contributed by atoms with Gasteiger partial charge in [-0.05, 0) is 87.0 Å². The highest BCUT2D eigenvalue weighted by atomic mass is 14.5. The summed E-state index contributed by atoms with van der Waals surface area (Å²) in [5, 5.41) is 0. The van der Waals surface area contributed by atoms with Crippen LogP contribution in [0.2, 0.25) is 0 Å². The second kappa shape index (κ2) is 12.9. The molecule has 0 aromatic heterocycles. The van der Waals surface area contributed by atoms with E-state index in [4.69, 9.17) is 0 Å². The van der Waals surface area contributed by atoms with E-state index in [0.29, 0.717) is 5.92 Å². The summed E-state index contributed by atoms with van der Waals surface area (Å²) in [4.78, 5) is 0. The van der Waals surface area contributed by atoms with E-state index in [9.17, 15) is 0 Å². The van der Waals surface area contributed by atoms with Crippen molar-refractivity contribution >= 4 is 0 Å². The van der Waals surface area contributed by atoms with Gasteiger partial charge in [-0.3, -0.25) is 0 Å². The second-order valence-electron chi connectivity index (χ2n) is 11.0. The van der Waals surface area contributed by atoms with E-state index in [2.05, 4.69) is 142 Å². The highest BCUT2D eigenvalue weighted by molar-refractivity contribution is 5.95. The van der Waals surface area contributed by atoms with E-state index in [-0.39, 0.29) is 5.41 Å². The minimum atomic E-state index is -0.267. The Kier molecular flexibility index (Phi) is 8.88. The highest BCUT2D eigenvalue weighted by Gasteiger charge is 2.51. The molecule has 0 bridgehead atoms. The van der Waals surface area contributed by atoms with Gasteiger partial charge < -0.3 is 0 Å². The smallest absolute Gasteiger partial charge is 0.0725 e. The molecule has 0 heteroatoms. The van der Waals surface area contributed by atoms with Gasteiger partial charge in [0.2, 0.25) is 0 Å². The maximum Gasteiger partial charge on any atom is 0.0725 e. The summed E-state index contributed by atoms with van der Waals surface area (Å²) in [6.45, 7) is 16.9. The fourth-order valence-electron chi connectivity index (χ4n) is 6.55. The van der Waals surface area contributed by atoms with Crippen LogP contribution in [0.1, 0.15) is 54.5 Å². The van der Waals surface area contributed by atoms with Crippen LogP contribution in [0.5, 0.6) is 0 Å². The fourth-order valence-corrected chi connectivity index (χ4v) is 6.55. The third kappa shape index (κ3) is 5.04. The van der Waals surface area contributed by atoms with Gasteiger partial charge in [0, 0.05) is 0 Å². The monoisotopic (exact) mass is 556 g/mol. The molecule has 0 saturated heterocycles. The Balaban J connectivity index is 0.000000414. The van der Waals surface area contributed by atoms with E-state index < -0.39 is 0 Å². The molecule has 1 atom stereocenters. The first-order valence-electron chi connectivity index (χ1n) is 15.0. The van der Waals surface area contributed by atoms with Gasteiger partial charge in [0.05, 0.1) is 5.41 Å². The van der Waals surface area contributed by atoms with Crippen molar-refractivity contribution in [2.45, 2.75) is 32.1 Å². The van der Waals surface area contributed by atoms with Crippen molar-refractivity contribution in [3.8, 4) is 33.4 Å². The molecule has 1 unspecified atom stereocenters. The summed E-state index contributed by atoms with van der Waals surface area (Å²) in [7, 11) is 0. The van der Waals surface area contributed by atoms with Crippen molar-refractivity contribution in [3.05, 3.63) is 193 Å². The molecule has 0 aliphatic heterocycles. The van der Waals surface area contributed by atoms with Crippen LogP contribution < -0.4 is 0 Å². The molecule has 0 fully saturated rings. The summed E-state index contributed by atoms with van der Waals surface area (Å²) in [6.07, 6.45) is 9.34. The van der Waals surface area contributed by atoms with Crippen LogP contribution in [0.15, 0.2) is 165 Å². The van der Waals surface area contributed by atoms with Crippen molar-refractivity contribution in [1.82, 2.24) is 0 Å². The zero-order valence-corrected chi connectivity index (χ0v) is 25.6. The van der Waals surface area contributed by atoms with Gasteiger partial charge in [-0.15, -0.1) is 13.2 Å². The number of rotatable bonds is 4. The van der Waals surface area contributed by atoms with Gasteiger partial charge in [0.1, 0.15) is 0 Å². The van der Waals surface area contributed by atoms with Crippen LogP contribution in [-0.4, -0.2) is 0 Å². The normalized spacial score (nSPS) is 13.3. The minimum Gasteiger partial charge on any atom is -0.103 e. The molecule has 5 aromatic carbocycles. The number of benzene rings is 5. The predicted molar refractivity (Wildman–Crippen MR) is 188 cm³/mol. The lowest BCUT2D eigenvalue weighted by atomic mass is 9.70. The van der Waals surface area contributed by atoms with Gasteiger partial charge in [0.25, 0.3) is 0 Å². The molecule has 5 aromatic rings. The van der Waals surface area contributed by atoms with Crippen molar-refractivity contribution in [3.63, 3.8) is 0 Å². The maximum atomic E-state index is 3.99. The molecule has 7 rings (SSSR count). The molecule has 2 aliphatic carbocycles. The average Bonchev–Trinajstić information content (AvgIpc) is 3.52. The lowest BCUT2D eigenvalue weighted by Gasteiger charge is -2.30. The first kappa shape index (κ1) is 29.5. The van der Waals surface area contributed by atoms with E-state index in [1.165, 1.54) is 61.2 Å². The van der Waals surface area contributed by atoms with E-state index in [0.717, 1.165) is 0 Å². The van der Waals surface area contributed by atoms with Crippen LogP contribution in [0.25, 0.3) is 33.4 Å². The Morgan fingerprint density at radius 3 is 1.53 bits per heavy atom. The van der Waals surface area contributed by atoms with Crippen molar-refractivity contribution in [1.29, 1.82) is 0 Å². The SMILES string of the molecule is C=C/C=C\C.C=CC.C=CC(C)c1cccc(-c2ccc3c(c2)-c2ccccc2C32c3ccccc3-c3ccccc32)c1. The molecule has 0 radical (unpaired) electrons. The van der Waals surface area contributed by atoms with Crippen LogP contribution >= 0.6 is 0 Å². The number of fused-ring (bicyclic) bond motifs is 10. The fraction of sp³-hybridized carbons (Fsp3) is 0.116. The summed E-state index contributed by atoms with van der Waals surface area (Å²) >= 11 is 0. The Morgan fingerprint density at radius 2 is 1.05 bits per heavy atom. The molecule has 0 amide bonds. The van der Waals surface area contributed by atoms with E-state index >= 15 is 0 Å². The molecule has 0 saturated carbocycles. The van der Waals surface area contributed by atoms with E-state index in [1.54, 1.807) is 12.2 Å². The van der Waals surface area contributed by atoms with Gasteiger partial charge >= 0.3 is 0 Å². The summed E-state index contributed by atoms with van der Waals surface area (Å²) in [5.41, 5.74) is 14.5. The zero-order valence-electron chi connectivity index (χ0n) is 25.6. The Hall–Kier alpha value is -4.94. The average molecular weight is 557 g/mol. The lowest BCUT2D eigenvalue weighted by molar-refractivity contribution is 0.794. The summed E-state index contributed by atoms with van der Waals surface area (Å²) in [5.74, 6) is 0.333. The molecule has 0 heterocycles. The molecule has 0 N–H and O–H groups in total. The van der Waals surface area contributed by atoms with Gasteiger partial charge in [0.15, 0.2) is 0 Å².